The monoisotopic (exact) mass is 738 g/mol. The van der Waals surface area contributed by atoms with Crippen LogP contribution in [-0.2, 0) is 30.9 Å². The van der Waals surface area contributed by atoms with Gasteiger partial charge in [-0.15, -0.1) is 0 Å². The van der Waals surface area contributed by atoms with Crippen LogP contribution in [-0.4, -0.2) is 51.2 Å². The minimum atomic E-state index is -4.27. The third-order valence-electron chi connectivity index (χ3n) is 8.96. The Kier molecular flexibility index (Phi) is 25.2. The summed E-state index contributed by atoms with van der Waals surface area (Å²) in [6, 6.07) is 5.78. The van der Waals surface area contributed by atoms with Gasteiger partial charge in [-0.2, -0.15) is 4.57 Å². The molecular formula is C39H66N2O7S2. The molecule has 1 saturated heterocycles. The summed E-state index contributed by atoms with van der Waals surface area (Å²) in [4.78, 5) is 11.8. The van der Waals surface area contributed by atoms with Crippen LogP contribution in [0.3, 0.4) is 0 Å². The van der Waals surface area contributed by atoms with Gasteiger partial charge < -0.3 is 24.1 Å². The van der Waals surface area contributed by atoms with E-state index in [4.69, 9.17) is 14.2 Å². The van der Waals surface area contributed by atoms with Crippen LogP contribution < -0.4 is 9.88 Å². The highest BCUT2D eigenvalue weighted by molar-refractivity contribution is 7.85. The van der Waals surface area contributed by atoms with Gasteiger partial charge in [0.05, 0.1) is 16.9 Å². The summed E-state index contributed by atoms with van der Waals surface area (Å²) in [6.07, 6.45) is 28.8. The second-order valence-electron chi connectivity index (χ2n) is 13.6. The molecule has 11 heteroatoms. The summed E-state index contributed by atoms with van der Waals surface area (Å²) in [5.74, 6) is 0. The fourth-order valence-corrected chi connectivity index (χ4v) is 6.98. The highest BCUT2D eigenvalue weighted by atomic mass is 32.2. The molecule has 3 rings (SSSR count). The van der Waals surface area contributed by atoms with E-state index in [1.165, 1.54) is 121 Å². The number of nitrogens with one attached hydrogen (secondary N) is 1. The van der Waals surface area contributed by atoms with E-state index in [-0.39, 0.29) is 30.0 Å². The van der Waals surface area contributed by atoms with Crippen molar-refractivity contribution in [2.75, 3.05) is 19.8 Å². The fraction of sp³-hybridized carbons (Fsp3) is 0.744. The van der Waals surface area contributed by atoms with Crippen LogP contribution in [0.15, 0.2) is 46.2 Å². The van der Waals surface area contributed by atoms with Crippen molar-refractivity contribution in [3.8, 4) is 0 Å². The van der Waals surface area contributed by atoms with Gasteiger partial charge in [-0.3, -0.25) is 0 Å². The predicted octanol–water partition coefficient (Wildman–Crippen LogP) is 9.61. The highest BCUT2D eigenvalue weighted by Crippen LogP contribution is 2.19. The number of nitrogens with zero attached hydrogens (tertiary/aromatic N) is 1. The normalized spacial score (nSPS) is 15.8. The highest BCUT2D eigenvalue weighted by Gasteiger charge is 2.26. The molecule has 1 aliphatic heterocycles. The van der Waals surface area contributed by atoms with Crippen LogP contribution in [0.25, 0.3) is 0 Å². The van der Waals surface area contributed by atoms with Gasteiger partial charge in [0, 0.05) is 13.0 Å². The van der Waals surface area contributed by atoms with Crippen molar-refractivity contribution < 1.29 is 36.5 Å². The van der Waals surface area contributed by atoms with Crippen molar-refractivity contribution in [1.29, 1.82) is 0 Å². The Hall–Kier alpha value is -2.05. The average molecular weight is 739 g/mol. The van der Waals surface area contributed by atoms with Crippen LogP contribution in [0.1, 0.15) is 147 Å². The number of aromatic nitrogens is 1. The zero-order chi connectivity index (χ0) is 36.1. The number of hydrogen-bond acceptors (Lipinski definition) is 8. The van der Waals surface area contributed by atoms with E-state index in [1.807, 2.05) is 6.92 Å². The zero-order valence-electron chi connectivity index (χ0n) is 31.0. The molecule has 1 fully saturated rings. The number of carbonyl (C=O) groups excluding carboxylic acids is 1. The van der Waals surface area contributed by atoms with Crippen molar-refractivity contribution in [1.82, 2.24) is 5.32 Å². The van der Waals surface area contributed by atoms with Crippen molar-refractivity contribution in [3.63, 3.8) is 0 Å². The maximum atomic E-state index is 11.9. The minimum absolute atomic E-state index is 0.137. The van der Waals surface area contributed by atoms with Crippen LogP contribution >= 0.6 is 11.3 Å². The lowest BCUT2D eigenvalue weighted by Gasteiger charge is -2.12. The quantitative estimate of drug-likeness (QED) is 0.0551. The number of thiazole rings is 1. The van der Waals surface area contributed by atoms with Gasteiger partial charge in [0.2, 0.25) is 5.51 Å². The molecule has 0 aliphatic carbocycles. The van der Waals surface area contributed by atoms with Gasteiger partial charge in [-0.1, -0.05) is 139 Å². The molecule has 1 aliphatic rings. The van der Waals surface area contributed by atoms with E-state index in [9.17, 15) is 17.8 Å². The van der Waals surface area contributed by atoms with Gasteiger partial charge in [-0.25, -0.2) is 13.2 Å². The Morgan fingerprint density at radius 2 is 1.42 bits per heavy atom. The number of amides is 1. The summed E-state index contributed by atoms with van der Waals surface area (Å²) in [6.45, 7) is 6.65. The number of alkyl carbamates (subject to hydrolysis) is 1. The number of rotatable bonds is 27. The van der Waals surface area contributed by atoms with E-state index in [0.29, 0.717) is 13.2 Å². The third kappa shape index (κ3) is 23.4. The molecular weight excluding hydrogens is 673 g/mol. The Balaban J connectivity index is 0.000000666. The Bertz CT molecular complexity index is 1190. The number of aryl methyl sites for hydroxylation is 2. The van der Waals surface area contributed by atoms with Gasteiger partial charge in [0.15, 0.2) is 12.5 Å². The van der Waals surface area contributed by atoms with Crippen LogP contribution in [0.4, 0.5) is 4.79 Å². The summed E-state index contributed by atoms with van der Waals surface area (Å²) >= 11 is 1.73. The average Bonchev–Trinajstić information content (AvgIpc) is 3.79. The molecule has 0 bridgehead atoms. The first kappa shape index (κ1) is 44.1. The number of ether oxygens (including phenoxy) is 3. The van der Waals surface area contributed by atoms with Crippen molar-refractivity contribution in [3.05, 3.63) is 46.9 Å². The van der Waals surface area contributed by atoms with Gasteiger partial charge in [-0.05, 0) is 44.7 Å². The predicted molar refractivity (Wildman–Crippen MR) is 200 cm³/mol. The topological polar surface area (TPSA) is 118 Å². The first-order chi connectivity index (χ1) is 24.3. The molecule has 2 heterocycles. The van der Waals surface area contributed by atoms with Gasteiger partial charge in [0.25, 0.3) is 0 Å². The Morgan fingerprint density at radius 3 is 1.98 bits per heavy atom. The molecule has 1 aromatic heterocycles. The van der Waals surface area contributed by atoms with E-state index in [0.717, 1.165) is 37.8 Å². The molecule has 9 nitrogen and oxygen atoms in total. The largest absolute Gasteiger partial charge is 0.744 e. The van der Waals surface area contributed by atoms with Crippen molar-refractivity contribution >= 4 is 27.5 Å². The number of unbranched alkanes of at least 4 members (excludes halogenated alkanes) is 18. The fourth-order valence-electron chi connectivity index (χ4n) is 5.88. The van der Waals surface area contributed by atoms with Crippen LogP contribution in [0, 0.1) is 6.92 Å². The summed E-state index contributed by atoms with van der Waals surface area (Å²) < 4.78 is 50.4. The lowest BCUT2D eigenvalue weighted by Crippen LogP contribution is -2.30. The Labute approximate surface area is 307 Å². The second-order valence-corrected chi connectivity index (χ2v) is 15.7. The standard InChI is InChI=1S/C32H58N2O4S.C7H8O3S/c1-2-3-4-5-6-7-8-9-10-11-12-13-14-16-19-22-31-36-27-30(38-31)28-37-32(35)33-23-20-17-15-18-21-24-34-25-26-39-29-34;1-6-2-4-7(5-3-6)11(8,9)10/h25-26,29-31H,2-24,27-28H2,1H3;2-5H,1H3,(H,8,9,10)/t30-,31+;/m1./s1. The van der Waals surface area contributed by atoms with Crippen LogP contribution in [0.5, 0.6) is 0 Å². The molecule has 2 atom stereocenters. The molecule has 50 heavy (non-hydrogen) atoms. The molecule has 0 saturated carbocycles. The second kappa shape index (κ2) is 28.5. The molecule has 1 N–H and O–H groups in total. The lowest BCUT2D eigenvalue weighted by molar-refractivity contribution is -0.692. The third-order valence-corrected chi connectivity index (χ3v) is 10.5. The minimum Gasteiger partial charge on any atom is -0.744 e. The summed E-state index contributed by atoms with van der Waals surface area (Å²) in [5, 5.41) is 4.96. The maximum Gasteiger partial charge on any atom is 0.407 e. The van der Waals surface area contributed by atoms with E-state index >= 15 is 0 Å². The molecule has 0 unspecified atom stereocenters. The molecule has 1 amide bonds. The smallest absolute Gasteiger partial charge is 0.407 e. The summed E-state index contributed by atoms with van der Waals surface area (Å²) in [7, 11) is -4.27. The maximum absolute atomic E-state index is 11.9. The summed E-state index contributed by atoms with van der Waals surface area (Å²) in [5.41, 5.74) is 3.08. The van der Waals surface area contributed by atoms with Gasteiger partial charge in [0.1, 0.15) is 29.4 Å². The molecule has 286 valence electrons. The lowest BCUT2D eigenvalue weighted by atomic mass is 10.0. The van der Waals surface area contributed by atoms with Gasteiger partial charge >= 0.3 is 6.09 Å². The first-order valence-corrected chi connectivity index (χ1v) is 21.7. The molecule has 0 radical (unpaired) electrons. The molecule has 0 spiro atoms. The zero-order valence-corrected chi connectivity index (χ0v) is 32.6. The van der Waals surface area contributed by atoms with Crippen molar-refractivity contribution in [2.24, 2.45) is 0 Å². The van der Waals surface area contributed by atoms with Crippen molar-refractivity contribution in [2.45, 2.75) is 173 Å². The first-order valence-electron chi connectivity index (χ1n) is 19.4. The molecule has 1 aromatic carbocycles. The SMILES string of the molecule is CCCCCCCCCCCCCCCCC[C@H]1OC[C@H](COC(=O)NCCCCCCC[n+]2ccsc2)O1.Cc1ccc(S(=O)(=O)[O-])cc1. The van der Waals surface area contributed by atoms with Crippen LogP contribution in [0.2, 0.25) is 0 Å². The van der Waals surface area contributed by atoms with E-state index < -0.39 is 10.1 Å². The molecule has 2 aromatic rings. The number of carbonyl (C=O) groups is 1. The number of benzene rings is 1. The Morgan fingerprint density at radius 1 is 0.860 bits per heavy atom. The van der Waals surface area contributed by atoms with E-state index in [1.54, 1.807) is 23.5 Å². The number of hydrogen-bond donors (Lipinski definition) is 1. The van der Waals surface area contributed by atoms with E-state index in [2.05, 4.69) is 33.9 Å².